The Hall–Kier alpha value is -2.80. The SMILES string of the molecule is CN=C(NCc1cccc(C(=O)NCc2ccco2)c1)NCC1(CCOC)CCC1. The van der Waals surface area contributed by atoms with E-state index in [1.807, 2.05) is 30.3 Å². The first-order valence-corrected chi connectivity index (χ1v) is 10.5. The lowest BCUT2D eigenvalue weighted by molar-refractivity contribution is 0.0732. The fraction of sp³-hybridized carbons (Fsp3) is 0.478. The van der Waals surface area contributed by atoms with Gasteiger partial charge >= 0.3 is 0 Å². The van der Waals surface area contributed by atoms with E-state index in [0.29, 0.717) is 24.1 Å². The van der Waals surface area contributed by atoms with Crippen LogP contribution in [-0.2, 0) is 17.8 Å². The largest absolute Gasteiger partial charge is 0.467 e. The van der Waals surface area contributed by atoms with Crippen molar-refractivity contribution in [2.45, 2.75) is 38.8 Å². The minimum Gasteiger partial charge on any atom is -0.467 e. The van der Waals surface area contributed by atoms with Gasteiger partial charge in [0.05, 0.1) is 12.8 Å². The van der Waals surface area contributed by atoms with Crippen LogP contribution < -0.4 is 16.0 Å². The lowest BCUT2D eigenvalue weighted by Gasteiger charge is -2.42. The molecule has 1 amide bonds. The van der Waals surface area contributed by atoms with Gasteiger partial charge in [-0.2, -0.15) is 0 Å². The maximum Gasteiger partial charge on any atom is 0.251 e. The van der Waals surface area contributed by atoms with Gasteiger partial charge in [0.1, 0.15) is 5.76 Å². The molecule has 2 aromatic rings. The van der Waals surface area contributed by atoms with Crippen molar-refractivity contribution in [2.24, 2.45) is 10.4 Å². The number of carbonyl (C=O) groups excluding carboxylic acids is 1. The van der Waals surface area contributed by atoms with Crippen LogP contribution in [0.2, 0.25) is 0 Å². The van der Waals surface area contributed by atoms with Crippen LogP contribution in [0.3, 0.4) is 0 Å². The zero-order chi connectivity index (χ0) is 21.2. The van der Waals surface area contributed by atoms with Crippen molar-refractivity contribution in [3.63, 3.8) is 0 Å². The lowest BCUT2D eigenvalue weighted by Crippen LogP contribution is -2.46. The van der Waals surface area contributed by atoms with Gasteiger partial charge in [-0.05, 0) is 54.5 Å². The smallest absolute Gasteiger partial charge is 0.251 e. The van der Waals surface area contributed by atoms with Crippen LogP contribution in [0.1, 0.15) is 47.4 Å². The molecule has 0 atom stereocenters. The average molecular weight is 413 g/mol. The molecule has 0 bridgehead atoms. The number of nitrogens with zero attached hydrogens (tertiary/aromatic N) is 1. The molecule has 30 heavy (non-hydrogen) atoms. The quantitative estimate of drug-likeness (QED) is 0.412. The molecule has 1 fully saturated rings. The van der Waals surface area contributed by atoms with Crippen LogP contribution in [-0.4, -0.2) is 39.2 Å². The summed E-state index contributed by atoms with van der Waals surface area (Å²) in [6, 6.07) is 11.2. The molecule has 1 heterocycles. The number of carbonyl (C=O) groups is 1. The van der Waals surface area contributed by atoms with Gasteiger partial charge in [-0.25, -0.2) is 0 Å². The van der Waals surface area contributed by atoms with Crippen molar-refractivity contribution >= 4 is 11.9 Å². The number of hydrogen-bond donors (Lipinski definition) is 3. The Morgan fingerprint density at radius 1 is 1.17 bits per heavy atom. The zero-order valence-corrected chi connectivity index (χ0v) is 17.9. The molecule has 3 N–H and O–H groups in total. The number of guanidine groups is 1. The normalized spacial score (nSPS) is 15.3. The maximum absolute atomic E-state index is 12.4. The Bertz CT molecular complexity index is 829. The average Bonchev–Trinajstić information content (AvgIpc) is 3.27. The molecule has 0 aliphatic heterocycles. The molecule has 1 aliphatic carbocycles. The second-order valence-electron chi connectivity index (χ2n) is 7.84. The van der Waals surface area contributed by atoms with Gasteiger partial charge in [0.2, 0.25) is 0 Å². The van der Waals surface area contributed by atoms with Gasteiger partial charge in [0.15, 0.2) is 5.96 Å². The molecular weight excluding hydrogens is 380 g/mol. The molecule has 0 spiro atoms. The van der Waals surface area contributed by atoms with E-state index in [1.165, 1.54) is 19.3 Å². The van der Waals surface area contributed by atoms with Crippen molar-refractivity contribution in [1.29, 1.82) is 0 Å². The van der Waals surface area contributed by atoms with Crippen molar-refractivity contribution in [1.82, 2.24) is 16.0 Å². The summed E-state index contributed by atoms with van der Waals surface area (Å²) in [4.78, 5) is 16.7. The zero-order valence-electron chi connectivity index (χ0n) is 17.9. The van der Waals surface area contributed by atoms with Gasteiger partial charge in [-0.1, -0.05) is 18.6 Å². The molecule has 1 aromatic heterocycles. The highest BCUT2D eigenvalue weighted by Crippen LogP contribution is 2.43. The molecular formula is C23H32N4O3. The van der Waals surface area contributed by atoms with E-state index < -0.39 is 0 Å². The lowest BCUT2D eigenvalue weighted by atomic mass is 9.67. The molecule has 0 saturated heterocycles. The van der Waals surface area contributed by atoms with E-state index in [9.17, 15) is 4.79 Å². The molecule has 0 radical (unpaired) electrons. The Morgan fingerprint density at radius 3 is 2.70 bits per heavy atom. The number of rotatable bonds is 10. The third-order valence-corrected chi connectivity index (χ3v) is 5.76. The molecule has 0 unspecified atom stereocenters. The van der Waals surface area contributed by atoms with Crippen LogP contribution in [0.25, 0.3) is 0 Å². The van der Waals surface area contributed by atoms with E-state index in [0.717, 1.165) is 36.9 Å². The summed E-state index contributed by atoms with van der Waals surface area (Å²) in [7, 11) is 3.53. The Morgan fingerprint density at radius 2 is 2.03 bits per heavy atom. The third-order valence-electron chi connectivity index (χ3n) is 5.76. The number of ether oxygens (including phenoxy) is 1. The van der Waals surface area contributed by atoms with Crippen molar-refractivity contribution < 1.29 is 13.9 Å². The minimum absolute atomic E-state index is 0.124. The molecule has 7 nitrogen and oxygen atoms in total. The first kappa shape index (κ1) is 21.9. The summed E-state index contributed by atoms with van der Waals surface area (Å²) >= 11 is 0. The monoisotopic (exact) mass is 412 g/mol. The predicted molar refractivity (Wildman–Crippen MR) is 117 cm³/mol. The summed E-state index contributed by atoms with van der Waals surface area (Å²) in [5.41, 5.74) is 1.96. The third kappa shape index (κ3) is 6.10. The highest BCUT2D eigenvalue weighted by atomic mass is 16.5. The summed E-state index contributed by atoms with van der Waals surface area (Å²) in [5, 5.41) is 9.67. The molecule has 3 rings (SSSR count). The van der Waals surface area contributed by atoms with Crippen LogP contribution >= 0.6 is 0 Å². The van der Waals surface area contributed by atoms with Gasteiger partial charge < -0.3 is 25.1 Å². The summed E-state index contributed by atoms with van der Waals surface area (Å²) < 4.78 is 10.5. The van der Waals surface area contributed by atoms with Gasteiger partial charge in [0.25, 0.3) is 5.91 Å². The number of furan rings is 1. The van der Waals surface area contributed by atoms with Crippen molar-refractivity contribution in [2.75, 3.05) is 27.3 Å². The topological polar surface area (TPSA) is 87.9 Å². The summed E-state index contributed by atoms with van der Waals surface area (Å²) in [6.45, 7) is 2.65. The van der Waals surface area contributed by atoms with E-state index in [4.69, 9.17) is 9.15 Å². The first-order chi connectivity index (χ1) is 14.6. The number of hydrogen-bond acceptors (Lipinski definition) is 4. The van der Waals surface area contributed by atoms with Crippen molar-refractivity contribution in [3.05, 3.63) is 59.5 Å². The highest BCUT2D eigenvalue weighted by Gasteiger charge is 2.36. The number of aliphatic imine (C=N–C) groups is 1. The number of methoxy groups -OCH3 is 1. The van der Waals surface area contributed by atoms with E-state index in [2.05, 4.69) is 20.9 Å². The highest BCUT2D eigenvalue weighted by molar-refractivity contribution is 5.94. The van der Waals surface area contributed by atoms with E-state index in [-0.39, 0.29) is 5.91 Å². The molecule has 162 valence electrons. The van der Waals surface area contributed by atoms with Gasteiger partial charge in [0, 0.05) is 39.4 Å². The molecule has 1 aliphatic rings. The number of benzene rings is 1. The molecule has 7 heteroatoms. The first-order valence-electron chi connectivity index (χ1n) is 10.5. The van der Waals surface area contributed by atoms with Crippen molar-refractivity contribution in [3.8, 4) is 0 Å². The van der Waals surface area contributed by atoms with Crippen LogP contribution in [0.15, 0.2) is 52.1 Å². The standard InChI is InChI=1S/C23H32N4O3/c1-24-22(27-17-23(9-5-10-23)11-13-29-2)26-15-18-6-3-7-19(14-18)21(28)25-16-20-8-4-12-30-20/h3-4,6-8,12,14H,5,9-11,13,15-17H2,1-2H3,(H,25,28)(H2,24,26,27). The Labute approximate surface area is 178 Å². The molecule has 1 aromatic carbocycles. The second-order valence-corrected chi connectivity index (χ2v) is 7.84. The minimum atomic E-state index is -0.124. The van der Waals surface area contributed by atoms with Crippen LogP contribution in [0, 0.1) is 5.41 Å². The van der Waals surface area contributed by atoms with E-state index >= 15 is 0 Å². The number of nitrogens with one attached hydrogen (secondary N) is 3. The number of amides is 1. The fourth-order valence-electron chi connectivity index (χ4n) is 3.69. The van der Waals surface area contributed by atoms with Crippen LogP contribution in [0.5, 0.6) is 0 Å². The summed E-state index contributed by atoms with van der Waals surface area (Å²) in [6.07, 6.45) is 6.42. The summed E-state index contributed by atoms with van der Waals surface area (Å²) in [5.74, 6) is 1.37. The second kappa shape index (κ2) is 10.8. The van der Waals surface area contributed by atoms with Gasteiger partial charge in [-0.15, -0.1) is 0 Å². The maximum atomic E-state index is 12.4. The Balaban J connectivity index is 1.48. The predicted octanol–water partition coefficient (Wildman–Crippen LogP) is 3.08. The fourth-order valence-corrected chi connectivity index (χ4v) is 3.69. The van der Waals surface area contributed by atoms with Crippen LogP contribution in [0.4, 0.5) is 0 Å². The van der Waals surface area contributed by atoms with Gasteiger partial charge in [-0.3, -0.25) is 9.79 Å². The van der Waals surface area contributed by atoms with E-state index in [1.54, 1.807) is 26.5 Å². The molecule has 1 saturated carbocycles. The Kier molecular flexibility index (Phi) is 7.90.